The molecule has 0 saturated heterocycles. The molecule has 0 aliphatic heterocycles. The third-order valence-corrected chi connectivity index (χ3v) is 3.89. The highest BCUT2D eigenvalue weighted by molar-refractivity contribution is 6.34. The maximum Gasteiger partial charge on any atom is 0.257 e. The van der Waals surface area contributed by atoms with Gasteiger partial charge in [0.25, 0.3) is 5.91 Å². The molecule has 2 aromatic carbocycles. The third kappa shape index (κ3) is 4.08. The first-order valence-electron chi connectivity index (χ1n) is 7.65. The van der Waals surface area contributed by atoms with Gasteiger partial charge in [-0.15, -0.1) is 0 Å². The number of aromatic nitrogens is 1. The smallest absolute Gasteiger partial charge is 0.257 e. The second-order valence-corrected chi connectivity index (χ2v) is 5.87. The van der Waals surface area contributed by atoms with Crippen LogP contribution in [0.2, 0.25) is 5.02 Å². The van der Waals surface area contributed by atoms with E-state index in [4.69, 9.17) is 11.6 Å². The number of benzene rings is 2. The molecule has 1 aromatic heterocycles. The van der Waals surface area contributed by atoms with E-state index < -0.39 is 0 Å². The molecule has 2 amide bonds. The van der Waals surface area contributed by atoms with E-state index in [1.54, 1.807) is 36.4 Å². The average Bonchev–Trinajstić information content (AvgIpc) is 3.11. The predicted octanol–water partition coefficient (Wildman–Crippen LogP) is 4.34. The summed E-state index contributed by atoms with van der Waals surface area (Å²) in [6, 6.07) is 16.0. The summed E-state index contributed by atoms with van der Waals surface area (Å²) in [6.45, 7) is 1.44. The summed E-state index contributed by atoms with van der Waals surface area (Å²) in [6.07, 6.45) is 3.79. The summed E-state index contributed by atoms with van der Waals surface area (Å²) in [5.74, 6) is -0.448. The average molecular weight is 354 g/mol. The van der Waals surface area contributed by atoms with Gasteiger partial charge in [0.1, 0.15) is 0 Å². The molecule has 0 saturated carbocycles. The van der Waals surface area contributed by atoms with Crippen molar-refractivity contribution in [2.24, 2.45) is 0 Å². The Morgan fingerprint density at radius 1 is 0.920 bits per heavy atom. The summed E-state index contributed by atoms with van der Waals surface area (Å²) >= 11 is 6.18. The Hall–Kier alpha value is -3.05. The van der Waals surface area contributed by atoms with Crippen molar-refractivity contribution in [3.63, 3.8) is 0 Å². The quantitative estimate of drug-likeness (QED) is 0.732. The molecule has 0 fully saturated rings. The van der Waals surface area contributed by atoms with Crippen molar-refractivity contribution in [3.05, 3.63) is 77.6 Å². The Morgan fingerprint density at radius 3 is 2.12 bits per heavy atom. The molecule has 5 nitrogen and oxygen atoms in total. The lowest BCUT2D eigenvalue weighted by atomic mass is 10.1. The number of amides is 2. The van der Waals surface area contributed by atoms with Gasteiger partial charge in [0.2, 0.25) is 5.91 Å². The van der Waals surface area contributed by atoms with E-state index in [2.05, 4.69) is 10.6 Å². The second-order valence-electron chi connectivity index (χ2n) is 5.47. The monoisotopic (exact) mass is 353 g/mol. The normalized spacial score (nSPS) is 10.3. The molecule has 3 aromatic rings. The molecular weight excluding hydrogens is 338 g/mol. The van der Waals surface area contributed by atoms with Crippen molar-refractivity contribution >= 4 is 34.8 Å². The van der Waals surface area contributed by atoms with Crippen LogP contribution >= 0.6 is 11.6 Å². The molecule has 25 heavy (non-hydrogen) atoms. The lowest BCUT2D eigenvalue weighted by Gasteiger charge is -2.10. The number of hydrogen-bond acceptors (Lipinski definition) is 2. The van der Waals surface area contributed by atoms with Gasteiger partial charge in [0.15, 0.2) is 0 Å². The second kappa shape index (κ2) is 7.23. The van der Waals surface area contributed by atoms with Crippen molar-refractivity contribution < 1.29 is 9.59 Å². The highest BCUT2D eigenvalue weighted by Gasteiger charge is 2.12. The van der Waals surface area contributed by atoms with Gasteiger partial charge in [-0.25, -0.2) is 0 Å². The molecular formula is C19H16ClN3O2. The van der Waals surface area contributed by atoms with Crippen molar-refractivity contribution in [1.29, 1.82) is 0 Å². The molecule has 3 rings (SSSR count). The van der Waals surface area contributed by atoms with E-state index in [1.807, 2.05) is 35.2 Å². The number of hydrogen-bond donors (Lipinski definition) is 2. The summed E-state index contributed by atoms with van der Waals surface area (Å²) < 4.78 is 1.90. The van der Waals surface area contributed by atoms with Gasteiger partial charge < -0.3 is 15.2 Å². The third-order valence-electron chi connectivity index (χ3n) is 3.56. The zero-order chi connectivity index (χ0) is 17.8. The van der Waals surface area contributed by atoms with Crippen molar-refractivity contribution in [2.75, 3.05) is 10.6 Å². The molecule has 126 valence electrons. The molecule has 0 unspecified atom stereocenters. The molecule has 0 radical (unpaired) electrons. The lowest BCUT2D eigenvalue weighted by Crippen LogP contribution is -2.13. The Balaban J connectivity index is 1.79. The van der Waals surface area contributed by atoms with Crippen LogP contribution in [-0.2, 0) is 4.79 Å². The van der Waals surface area contributed by atoms with Crippen LogP contribution in [0.15, 0.2) is 67.0 Å². The number of anilines is 2. The molecule has 0 aliphatic carbocycles. The highest BCUT2D eigenvalue weighted by atomic mass is 35.5. The molecule has 0 spiro atoms. The zero-order valence-corrected chi connectivity index (χ0v) is 14.2. The first-order valence-corrected chi connectivity index (χ1v) is 8.02. The fraction of sp³-hybridized carbons (Fsp3) is 0.0526. The molecule has 0 atom stereocenters. The Labute approximate surface area is 150 Å². The summed E-state index contributed by atoms with van der Waals surface area (Å²) in [5.41, 5.74) is 2.51. The molecule has 0 aliphatic rings. The number of rotatable bonds is 4. The first-order chi connectivity index (χ1) is 12.0. The topological polar surface area (TPSA) is 63.1 Å². The fourth-order valence-electron chi connectivity index (χ4n) is 2.39. The first kappa shape index (κ1) is 16.8. The van der Waals surface area contributed by atoms with Crippen LogP contribution in [-0.4, -0.2) is 16.4 Å². The Morgan fingerprint density at radius 2 is 1.52 bits per heavy atom. The summed E-state index contributed by atoms with van der Waals surface area (Å²) in [7, 11) is 0. The number of carbonyl (C=O) groups is 2. The van der Waals surface area contributed by atoms with E-state index in [0.717, 1.165) is 5.69 Å². The van der Waals surface area contributed by atoms with E-state index in [1.165, 1.54) is 6.92 Å². The largest absolute Gasteiger partial charge is 0.326 e. The van der Waals surface area contributed by atoms with Gasteiger partial charge in [-0.3, -0.25) is 9.59 Å². The molecule has 1 heterocycles. The minimum Gasteiger partial charge on any atom is -0.326 e. The van der Waals surface area contributed by atoms with Crippen LogP contribution in [0.5, 0.6) is 0 Å². The summed E-state index contributed by atoms with van der Waals surface area (Å²) in [5, 5.41) is 5.86. The maximum absolute atomic E-state index is 12.5. The van der Waals surface area contributed by atoms with E-state index in [9.17, 15) is 9.59 Å². The fourth-order valence-corrected chi connectivity index (χ4v) is 2.60. The SMILES string of the molecule is CC(=O)Nc1ccc(NC(=O)c2cc(-n3cccc3)ccc2Cl)cc1. The Bertz CT molecular complexity index is 903. The van der Waals surface area contributed by atoms with Crippen molar-refractivity contribution in [1.82, 2.24) is 4.57 Å². The maximum atomic E-state index is 12.5. The van der Waals surface area contributed by atoms with E-state index in [0.29, 0.717) is 22.0 Å². The molecule has 0 bridgehead atoms. The molecule has 6 heteroatoms. The van der Waals surface area contributed by atoms with Crippen LogP contribution in [0.1, 0.15) is 17.3 Å². The number of halogens is 1. The van der Waals surface area contributed by atoms with Crippen LogP contribution in [0, 0.1) is 0 Å². The van der Waals surface area contributed by atoms with Crippen LogP contribution in [0.3, 0.4) is 0 Å². The number of nitrogens with zero attached hydrogens (tertiary/aromatic N) is 1. The number of carbonyl (C=O) groups excluding carboxylic acids is 2. The van der Waals surface area contributed by atoms with E-state index >= 15 is 0 Å². The van der Waals surface area contributed by atoms with Crippen molar-refractivity contribution in [2.45, 2.75) is 6.92 Å². The van der Waals surface area contributed by atoms with Gasteiger partial charge >= 0.3 is 0 Å². The van der Waals surface area contributed by atoms with Gasteiger partial charge in [0.05, 0.1) is 10.6 Å². The van der Waals surface area contributed by atoms with Gasteiger partial charge in [-0.1, -0.05) is 11.6 Å². The minimum absolute atomic E-state index is 0.148. The van der Waals surface area contributed by atoms with Crippen molar-refractivity contribution in [3.8, 4) is 5.69 Å². The van der Waals surface area contributed by atoms with Crippen LogP contribution in [0.4, 0.5) is 11.4 Å². The van der Waals surface area contributed by atoms with Gasteiger partial charge in [-0.2, -0.15) is 0 Å². The van der Waals surface area contributed by atoms with Gasteiger partial charge in [-0.05, 0) is 54.6 Å². The molecule has 2 N–H and O–H groups in total. The Kier molecular flexibility index (Phi) is 4.86. The van der Waals surface area contributed by atoms with Gasteiger partial charge in [0, 0.05) is 36.4 Å². The summed E-state index contributed by atoms with van der Waals surface area (Å²) in [4.78, 5) is 23.6. The highest BCUT2D eigenvalue weighted by Crippen LogP contribution is 2.22. The van der Waals surface area contributed by atoms with Crippen LogP contribution in [0.25, 0.3) is 5.69 Å². The predicted molar refractivity (Wildman–Crippen MR) is 99.5 cm³/mol. The lowest BCUT2D eigenvalue weighted by molar-refractivity contribution is -0.114. The standard InChI is InChI=1S/C19H16ClN3O2/c1-13(24)21-14-4-6-15(7-5-14)22-19(25)17-12-16(8-9-18(17)20)23-10-2-3-11-23/h2-12H,1H3,(H,21,24)(H,22,25). The number of nitrogens with one attached hydrogen (secondary N) is 2. The minimum atomic E-state index is -0.300. The van der Waals surface area contributed by atoms with Crippen LogP contribution < -0.4 is 10.6 Å². The zero-order valence-electron chi connectivity index (χ0n) is 13.5. The van der Waals surface area contributed by atoms with E-state index in [-0.39, 0.29) is 11.8 Å².